The molecule has 27 heavy (non-hydrogen) atoms. The highest BCUT2D eigenvalue weighted by atomic mass is 16.2. The van der Waals surface area contributed by atoms with Crippen molar-refractivity contribution in [3.63, 3.8) is 0 Å². The van der Waals surface area contributed by atoms with E-state index in [2.05, 4.69) is 33.3 Å². The number of likely N-dealkylation sites (tertiary alicyclic amines) is 1. The van der Waals surface area contributed by atoms with Gasteiger partial charge in [0.05, 0.1) is 11.1 Å². The van der Waals surface area contributed by atoms with Gasteiger partial charge >= 0.3 is 0 Å². The molecule has 1 fully saturated rings. The molecule has 1 aromatic carbocycles. The molecule has 3 aromatic rings. The molecule has 0 aliphatic carbocycles. The Balaban J connectivity index is 1.40. The van der Waals surface area contributed by atoms with Gasteiger partial charge in [-0.1, -0.05) is 0 Å². The monoisotopic (exact) mass is 361 g/mol. The van der Waals surface area contributed by atoms with Gasteiger partial charge in [0, 0.05) is 67.8 Å². The zero-order valence-corrected chi connectivity index (χ0v) is 15.9. The van der Waals surface area contributed by atoms with E-state index in [1.165, 1.54) is 0 Å². The van der Waals surface area contributed by atoms with Gasteiger partial charge in [0.2, 0.25) is 0 Å². The lowest BCUT2D eigenvalue weighted by molar-refractivity contribution is 0.0416. The SMILES string of the molecule is CC(C)N1CC2(CN(C(=O)c3ccc4c(ccn4C)c3)C2)c2nccnc21. The maximum absolute atomic E-state index is 13.0. The third-order valence-corrected chi connectivity index (χ3v) is 5.96. The van der Waals surface area contributed by atoms with E-state index in [1.807, 2.05) is 42.4 Å². The van der Waals surface area contributed by atoms with Crippen LogP contribution in [0, 0.1) is 0 Å². The summed E-state index contributed by atoms with van der Waals surface area (Å²) in [5, 5.41) is 1.10. The van der Waals surface area contributed by atoms with Gasteiger partial charge in [0.25, 0.3) is 5.91 Å². The molecule has 5 rings (SSSR count). The minimum atomic E-state index is -0.0830. The Morgan fingerprint density at radius 1 is 1.11 bits per heavy atom. The van der Waals surface area contributed by atoms with Crippen LogP contribution in [-0.4, -0.2) is 51.0 Å². The summed E-state index contributed by atoms with van der Waals surface area (Å²) in [4.78, 5) is 26.5. The molecular formula is C21H23N5O. The molecular weight excluding hydrogens is 338 g/mol. The molecule has 0 atom stereocenters. The quantitative estimate of drug-likeness (QED) is 0.704. The average molecular weight is 361 g/mol. The summed E-state index contributed by atoms with van der Waals surface area (Å²) < 4.78 is 2.07. The summed E-state index contributed by atoms with van der Waals surface area (Å²) in [5.41, 5.74) is 2.85. The van der Waals surface area contributed by atoms with Gasteiger partial charge in [-0.15, -0.1) is 0 Å². The fraction of sp³-hybridized carbons (Fsp3) is 0.381. The minimum Gasteiger partial charge on any atom is -0.352 e. The molecule has 0 unspecified atom stereocenters. The van der Waals surface area contributed by atoms with E-state index < -0.39 is 0 Å². The first-order chi connectivity index (χ1) is 13.0. The number of carbonyl (C=O) groups excluding carboxylic acids is 1. The van der Waals surface area contributed by atoms with Crippen LogP contribution in [0.4, 0.5) is 5.82 Å². The Hall–Kier alpha value is -2.89. The minimum absolute atomic E-state index is 0.0830. The Labute approximate surface area is 158 Å². The molecule has 6 heteroatoms. The van der Waals surface area contributed by atoms with Crippen molar-refractivity contribution in [3.8, 4) is 0 Å². The van der Waals surface area contributed by atoms with Gasteiger partial charge in [-0.3, -0.25) is 9.78 Å². The first-order valence-electron chi connectivity index (χ1n) is 9.41. The van der Waals surface area contributed by atoms with Crippen LogP contribution in [-0.2, 0) is 12.5 Å². The number of fused-ring (bicyclic) bond motifs is 3. The van der Waals surface area contributed by atoms with Gasteiger partial charge in [0.1, 0.15) is 0 Å². The van der Waals surface area contributed by atoms with E-state index in [0.29, 0.717) is 19.1 Å². The molecule has 0 radical (unpaired) electrons. The second-order valence-electron chi connectivity index (χ2n) is 8.09. The number of hydrogen-bond acceptors (Lipinski definition) is 4. The zero-order valence-electron chi connectivity index (χ0n) is 15.9. The Kier molecular flexibility index (Phi) is 3.35. The molecule has 0 N–H and O–H groups in total. The highest BCUT2D eigenvalue weighted by Crippen LogP contribution is 2.45. The summed E-state index contributed by atoms with van der Waals surface area (Å²) in [5.74, 6) is 1.07. The predicted octanol–water partition coefficient (Wildman–Crippen LogP) is 2.59. The lowest BCUT2D eigenvalue weighted by atomic mass is 9.78. The van der Waals surface area contributed by atoms with Crippen LogP contribution in [0.15, 0.2) is 42.9 Å². The summed E-state index contributed by atoms with van der Waals surface area (Å²) >= 11 is 0. The highest BCUT2D eigenvalue weighted by Gasteiger charge is 2.54. The number of carbonyl (C=O) groups is 1. The van der Waals surface area contributed by atoms with E-state index >= 15 is 0 Å². The van der Waals surface area contributed by atoms with Gasteiger partial charge < -0.3 is 14.4 Å². The van der Waals surface area contributed by atoms with Crippen molar-refractivity contribution in [3.05, 3.63) is 54.1 Å². The van der Waals surface area contributed by atoms with E-state index in [4.69, 9.17) is 0 Å². The Morgan fingerprint density at radius 2 is 1.89 bits per heavy atom. The maximum Gasteiger partial charge on any atom is 0.253 e. The van der Waals surface area contributed by atoms with Crippen molar-refractivity contribution in [2.45, 2.75) is 25.3 Å². The average Bonchev–Trinajstić information content (AvgIpc) is 3.18. The van der Waals surface area contributed by atoms with E-state index in [1.54, 1.807) is 12.4 Å². The predicted molar refractivity (Wildman–Crippen MR) is 105 cm³/mol. The van der Waals surface area contributed by atoms with Crippen molar-refractivity contribution >= 4 is 22.6 Å². The first kappa shape index (κ1) is 16.3. The smallest absolute Gasteiger partial charge is 0.253 e. The van der Waals surface area contributed by atoms with Crippen LogP contribution in [0.1, 0.15) is 29.9 Å². The van der Waals surface area contributed by atoms with Crippen LogP contribution in [0.5, 0.6) is 0 Å². The first-order valence-corrected chi connectivity index (χ1v) is 9.41. The van der Waals surface area contributed by atoms with Crippen LogP contribution >= 0.6 is 0 Å². The lowest BCUT2D eigenvalue weighted by Crippen LogP contribution is -2.63. The van der Waals surface area contributed by atoms with Crippen LogP contribution in [0.2, 0.25) is 0 Å². The summed E-state index contributed by atoms with van der Waals surface area (Å²) in [6.07, 6.45) is 5.54. The number of rotatable bonds is 2. The third-order valence-electron chi connectivity index (χ3n) is 5.96. The van der Waals surface area contributed by atoms with E-state index in [9.17, 15) is 4.79 Å². The Morgan fingerprint density at radius 3 is 2.67 bits per heavy atom. The molecule has 138 valence electrons. The van der Waals surface area contributed by atoms with Crippen molar-refractivity contribution in [2.75, 3.05) is 24.5 Å². The molecule has 2 aliphatic rings. The molecule has 4 heterocycles. The number of nitrogens with zero attached hydrogens (tertiary/aromatic N) is 5. The molecule has 1 spiro atoms. The summed E-state index contributed by atoms with van der Waals surface area (Å²) in [6, 6.07) is 8.36. The molecule has 6 nitrogen and oxygen atoms in total. The van der Waals surface area contributed by atoms with Gasteiger partial charge in [-0.05, 0) is 38.1 Å². The third kappa shape index (κ3) is 2.29. The normalized spacial score (nSPS) is 17.6. The van der Waals surface area contributed by atoms with Crippen molar-refractivity contribution in [1.29, 1.82) is 0 Å². The second kappa shape index (κ2) is 5.55. The molecule has 0 bridgehead atoms. The number of hydrogen-bond donors (Lipinski definition) is 0. The molecule has 0 saturated carbocycles. The van der Waals surface area contributed by atoms with E-state index in [0.717, 1.165) is 34.5 Å². The Bertz CT molecular complexity index is 1050. The van der Waals surface area contributed by atoms with Crippen LogP contribution in [0.25, 0.3) is 10.9 Å². The fourth-order valence-electron chi connectivity index (χ4n) is 4.49. The van der Waals surface area contributed by atoms with Crippen molar-refractivity contribution < 1.29 is 4.79 Å². The standard InChI is InChI=1S/C21H23N5O/c1-14(2)26-13-21(18-19(26)23-8-7-22-18)11-25(12-21)20(27)16-4-5-17-15(10-16)6-9-24(17)3/h4-10,14H,11-13H2,1-3H3. The van der Waals surface area contributed by atoms with Gasteiger partial charge in [-0.25, -0.2) is 4.98 Å². The number of benzene rings is 1. The van der Waals surface area contributed by atoms with Crippen molar-refractivity contribution in [1.82, 2.24) is 19.4 Å². The lowest BCUT2D eigenvalue weighted by Gasteiger charge is -2.47. The summed E-state index contributed by atoms with van der Waals surface area (Å²) in [6.45, 7) is 6.63. The fourth-order valence-corrected chi connectivity index (χ4v) is 4.49. The molecule has 2 aromatic heterocycles. The molecule has 2 aliphatic heterocycles. The molecule has 1 saturated heterocycles. The zero-order chi connectivity index (χ0) is 18.8. The number of aromatic nitrogens is 3. The molecule has 1 amide bonds. The van der Waals surface area contributed by atoms with Crippen molar-refractivity contribution in [2.24, 2.45) is 7.05 Å². The summed E-state index contributed by atoms with van der Waals surface area (Å²) in [7, 11) is 2.02. The number of aryl methyl sites for hydroxylation is 1. The number of amides is 1. The second-order valence-corrected chi connectivity index (χ2v) is 8.09. The van der Waals surface area contributed by atoms with E-state index in [-0.39, 0.29) is 11.3 Å². The van der Waals surface area contributed by atoms with Gasteiger partial charge in [0.15, 0.2) is 5.82 Å². The largest absolute Gasteiger partial charge is 0.352 e. The van der Waals surface area contributed by atoms with Crippen LogP contribution < -0.4 is 4.90 Å². The highest BCUT2D eigenvalue weighted by molar-refractivity contribution is 5.99. The maximum atomic E-state index is 13.0. The van der Waals surface area contributed by atoms with Crippen LogP contribution in [0.3, 0.4) is 0 Å². The van der Waals surface area contributed by atoms with Gasteiger partial charge in [-0.2, -0.15) is 0 Å². The number of anilines is 1. The topological polar surface area (TPSA) is 54.3 Å².